The molecule has 7 heteroatoms. The molecule has 0 aliphatic carbocycles. The summed E-state index contributed by atoms with van der Waals surface area (Å²) in [6.07, 6.45) is 4.44. The Hall–Kier alpha value is -1.89. The molecule has 1 fully saturated rings. The summed E-state index contributed by atoms with van der Waals surface area (Å²) in [5.41, 5.74) is 6.53. The second-order valence-corrected chi connectivity index (χ2v) is 5.93. The Morgan fingerprint density at radius 2 is 2.26 bits per heavy atom. The number of hydrogen-bond acceptors (Lipinski definition) is 4. The number of anilines is 1. The quantitative estimate of drug-likeness (QED) is 0.876. The summed E-state index contributed by atoms with van der Waals surface area (Å²) >= 11 is 6.18. The van der Waals surface area contributed by atoms with Crippen molar-refractivity contribution in [1.82, 2.24) is 9.55 Å². The summed E-state index contributed by atoms with van der Waals surface area (Å²) in [4.78, 5) is 16.5. The van der Waals surface area contributed by atoms with Gasteiger partial charge in [-0.2, -0.15) is 0 Å². The van der Waals surface area contributed by atoms with Crippen LogP contribution in [-0.4, -0.2) is 34.2 Å². The molecule has 2 heterocycles. The van der Waals surface area contributed by atoms with E-state index in [1.807, 2.05) is 28.8 Å². The largest absolute Gasteiger partial charge is 0.364 e. The molecule has 1 aliphatic heterocycles. The van der Waals surface area contributed by atoms with E-state index in [2.05, 4.69) is 10.3 Å². The highest BCUT2D eigenvalue weighted by atomic mass is 35.5. The van der Waals surface area contributed by atoms with Crippen LogP contribution in [0.5, 0.6) is 0 Å². The maximum Gasteiger partial charge on any atom is 0.255 e. The number of imidazole rings is 1. The Bertz CT molecular complexity index is 688. The van der Waals surface area contributed by atoms with Crippen LogP contribution in [0.3, 0.4) is 0 Å². The minimum Gasteiger partial charge on any atom is -0.364 e. The fourth-order valence-corrected chi connectivity index (χ4v) is 2.83. The molecule has 6 nitrogen and oxygen atoms in total. The number of hydrogen-bond donors (Lipinski definition) is 2. The standard InChI is InChI=1S/C16H19ClN4O2/c17-13-4-2-1-3-11(13)10-21-8-7-19-16(21)20-15(22)14-6-5-12(9-18)23-14/h1-4,7-8,12,14H,5-6,9-10,18H2,(H,19,20,22)/t12-,14+/m1/s1. The second-order valence-electron chi connectivity index (χ2n) is 5.52. The van der Waals surface area contributed by atoms with Gasteiger partial charge in [-0.3, -0.25) is 10.1 Å². The zero-order valence-corrected chi connectivity index (χ0v) is 13.4. The first-order valence-corrected chi connectivity index (χ1v) is 7.96. The van der Waals surface area contributed by atoms with Crippen molar-refractivity contribution in [3.8, 4) is 0 Å². The number of nitrogens with zero attached hydrogens (tertiary/aromatic N) is 2. The van der Waals surface area contributed by atoms with Crippen LogP contribution in [0.15, 0.2) is 36.7 Å². The molecule has 0 unspecified atom stereocenters. The van der Waals surface area contributed by atoms with Crippen LogP contribution in [0.25, 0.3) is 0 Å². The molecule has 23 heavy (non-hydrogen) atoms. The summed E-state index contributed by atoms with van der Waals surface area (Å²) in [7, 11) is 0. The molecule has 1 aromatic heterocycles. The average molecular weight is 335 g/mol. The number of aromatic nitrogens is 2. The van der Waals surface area contributed by atoms with E-state index >= 15 is 0 Å². The predicted octanol–water partition coefficient (Wildman–Crippen LogP) is 2.03. The molecule has 1 amide bonds. The minimum atomic E-state index is -0.464. The molecule has 2 atom stereocenters. The molecule has 3 rings (SSSR count). The highest BCUT2D eigenvalue weighted by molar-refractivity contribution is 6.31. The maximum absolute atomic E-state index is 12.3. The molecule has 3 N–H and O–H groups in total. The molecular weight excluding hydrogens is 316 g/mol. The van der Waals surface area contributed by atoms with E-state index in [4.69, 9.17) is 22.1 Å². The molecule has 0 bridgehead atoms. The highest BCUT2D eigenvalue weighted by Crippen LogP contribution is 2.21. The van der Waals surface area contributed by atoms with Crippen LogP contribution in [0.4, 0.5) is 5.95 Å². The maximum atomic E-state index is 12.3. The van der Waals surface area contributed by atoms with Crippen LogP contribution < -0.4 is 11.1 Å². The van der Waals surface area contributed by atoms with Gasteiger partial charge in [0.05, 0.1) is 12.6 Å². The number of rotatable bonds is 5. The van der Waals surface area contributed by atoms with Crippen molar-refractivity contribution < 1.29 is 9.53 Å². The van der Waals surface area contributed by atoms with Gasteiger partial charge in [-0.05, 0) is 24.5 Å². The molecule has 0 saturated carbocycles. The number of amides is 1. The lowest BCUT2D eigenvalue weighted by atomic mass is 10.2. The van der Waals surface area contributed by atoms with Gasteiger partial charge in [-0.25, -0.2) is 4.98 Å². The Kier molecular flexibility index (Phi) is 4.95. The van der Waals surface area contributed by atoms with Gasteiger partial charge in [0.15, 0.2) is 0 Å². The van der Waals surface area contributed by atoms with Crippen molar-refractivity contribution >= 4 is 23.5 Å². The van der Waals surface area contributed by atoms with Crippen molar-refractivity contribution in [2.45, 2.75) is 31.6 Å². The lowest BCUT2D eigenvalue weighted by Crippen LogP contribution is -2.30. The first-order valence-electron chi connectivity index (χ1n) is 7.58. The van der Waals surface area contributed by atoms with E-state index in [1.165, 1.54) is 0 Å². The number of ether oxygens (including phenoxy) is 1. The normalized spacial score (nSPS) is 20.6. The number of carbonyl (C=O) groups excluding carboxylic acids is 1. The van der Waals surface area contributed by atoms with E-state index in [1.54, 1.807) is 12.4 Å². The van der Waals surface area contributed by atoms with Crippen molar-refractivity contribution in [3.05, 3.63) is 47.2 Å². The van der Waals surface area contributed by atoms with Gasteiger partial charge in [0.1, 0.15) is 6.10 Å². The van der Waals surface area contributed by atoms with Crippen molar-refractivity contribution in [1.29, 1.82) is 0 Å². The Morgan fingerprint density at radius 1 is 1.43 bits per heavy atom. The number of carbonyl (C=O) groups is 1. The summed E-state index contributed by atoms with van der Waals surface area (Å²) in [6, 6.07) is 7.59. The summed E-state index contributed by atoms with van der Waals surface area (Å²) in [5.74, 6) is 0.294. The van der Waals surface area contributed by atoms with Gasteiger partial charge in [0, 0.05) is 24.0 Å². The van der Waals surface area contributed by atoms with Gasteiger partial charge in [-0.1, -0.05) is 29.8 Å². The Morgan fingerprint density at radius 3 is 3.00 bits per heavy atom. The van der Waals surface area contributed by atoms with Gasteiger partial charge in [0.25, 0.3) is 5.91 Å². The van der Waals surface area contributed by atoms with Crippen LogP contribution >= 0.6 is 11.6 Å². The van der Waals surface area contributed by atoms with Crippen molar-refractivity contribution in [2.75, 3.05) is 11.9 Å². The minimum absolute atomic E-state index is 0.0337. The van der Waals surface area contributed by atoms with E-state index < -0.39 is 6.10 Å². The highest BCUT2D eigenvalue weighted by Gasteiger charge is 2.30. The zero-order valence-electron chi connectivity index (χ0n) is 12.6. The number of benzene rings is 1. The monoisotopic (exact) mass is 334 g/mol. The number of nitrogens with two attached hydrogens (primary N) is 1. The molecular formula is C16H19ClN4O2. The summed E-state index contributed by atoms with van der Waals surface area (Å²) < 4.78 is 7.44. The lowest BCUT2D eigenvalue weighted by molar-refractivity contribution is -0.126. The second kappa shape index (κ2) is 7.12. The van der Waals surface area contributed by atoms with Crippen molar-refractivity contribution in [3.63, 3.8) is 0 Å². The van der Waals surface area contributed by atoms with Crippen LogP contribution in [0.2, 0.25) is 5.02 Å². The Balaban J connectivity index is 1.67. The Labute approximate surface area is 139 Å². The van der Waals surface area contributed by atoms with E-state index in [0.717, 1.165) is 12.0 Å². The number of halogens is 1. The van der Waals surface area contributed by atoms with Crippen LogP contribution in [-0.2, 0) is 16.1 Å². The van der Waals surface area contributed by atoms with Crippen molar-refractivity contribution in [2.24, 2.45) is 5.73 Å². The molecule has 1 saturated heterocycles. The molecule has 122 valence electrons. The van der Waals surface area contributed by atoms with E-state index in [-0.39, 0.29) is 12.0 Å². The summed E-state index contributed by atoms with van der Waals surface area (Å²) in [5, 5.41) is 3.50. The van der Waals surface area contributed by atoms with Crippen LogP contribution in [0.1, 0.15) is 18.4 Å². The molecule has 2 aromatic rings. The first kappa shape index (κ1) is 16.0. The number of nitrogens with one attached hydrogen (secondary N) is 1. The average Bonchev–Trinajstić information content (AvgIpc) is 3.19. The van der Waals surface area contributed by atoms with Gasteiger partial charge >= 0.3 is 0 Å². The fourth-order valence-electron chi connectivity index (χ4n) is 2.63. The lowest BCUT2D eigenvalue weighted by Gasteiger charge is -2.14. The molecule has 0 radical (unpaired) electrons. The van der Waals surface area contributed by atoms with E-state index in [0.29, 0.717) is 30.5 Å². The molecule has 0 spiro atoms. The zero-order chi connectivity index (χ0) is 16.2. The van der Waals surface area contributed by atoms with Gasteiger partial charge < -0.3 is 15.0 Å². The summed E-state index contributed by atoms with van der Waals surface area (Å²) in [6.45, 7) is 0.969. The van der Waals surface area contributed by atoms with Gasteiger partial charge in [0.2, 0.25) is 5.95 Å². The third-order valence-corrected chi connectivity index (χ3v) is 4.28. The van der Waals surface area contributed by atoms with E-state index in [9.17, 15) is 4.79 Å². The molecule has 1 aliphatic rings. The topological polar surface area (TPSA) is 82.2 Å². The SMILES string of the molecule is NC[C@H]1CC[C@@H](C(=O)Nc2nccn2Cc2ccccc2Cl)O1. The smallest absolute Gasteiger partial charge is 0.255 e. The third-order valence-electron chi connectivity index (χ3n) is 3.91. The molecule has 1 aromatic carbocycles. The van der Waals surface area contributed by atoms with Gasteiger partial charge in [-0.15, -0.1) is 0 Å². The first-order chi connectivity index (χ1) is 11.2. The third kappa shape index (κ3) is 3.72. The predicted molar refractivity (Wildman–Crippen MR) is 88.4 cm³/mol. The fraction of sp³-hybridized carbons (Fsp3) is 0.375. The van der Waals surface area contributed by atoms with Crippen LogP contribution in [0, 0.1) is 0 Å².